The SMILES string of the molecule is CC1CCCC(C(O)c2cc(Br)c(Cl)s2)C1. The van der Waals surface area contributed by atoms with Crippen molar-refractivity contribution in [1.82, 2.24) is 0 Å². The first-order valence-corrected chi connectivity index (χ1v) is 7.69. The van der Waals surface area contributed by atoms with E-state index in [1.807, 2.05) is 6.07 Å². The Morgan fingerprint density at radius 3 is 2.88 bits per heavy atom. The molecule has 0 spiro atoms. The third kappa shape index (κ3) is 2.81. The zero-order chi connectivity index (χ0) is 11.7. The van der Waals surface area contributed by atoms with Crippen LogP contribution >= 0.6 is 38.9 Å². The maximum atomic E-state index is 10.3. The first kappa shape index (κ1) is 12.9. The molecule has 1 aromatic rings. The molecule has 1 N–H and O–H groups in total. The van der Waals surface area contributed by atoms with E-state index in [9.17, 15) is 5.11 Å². The number of aliphatic hydroxyl groups excluding tert-OH is 1. The molecule has 1 aromatic heterocycles. The summed E-state index contributed by atoms with van der Waals surface area (Å²) >= 11 is 10.9. The summed E-state index contributed by atoms with van der Waals surface area (Å²) < 4.78 is 1.63. The van der Waals surface area contributed by atoms with Crippen molar-refractivity contribution in [3.05, 3.63) is 19.8 Å². The maximum Gasteiger partial charge on any atom is 0.107 e. The Morgan fingerprint density at radius 1 is 1.56 bits per heavy atom. The van der Waals surface area contributed by atoms with Crippen LogP contribution in [0.1, 0.15) is 43.6 Å². The van der Waals surface area contributed by atoms with Gasteiger partial charge in [0.05, 0.1) is 6.10 Å². The summed E-state index contributed by atoms with van der Waals surface area (Å²) in [5.74, 6) is 1.15. The summed E-state index contributed by atoms with van der Waals surface area (Å²) in [6.45, 7) is 2.27. The highest BCUT2D eigenvalue weighted by molar-refractivity contribution is 9.10. The van der Waals surface area contributed by atoms with Crippen LogP contribution in [0.4, 0.5) is 0 Å². The third-order valence-electron chi connectivity index (χ3n) is 3.38. The normalized spacial score (nSPS) is 28.0. The van der Waals surface area contributed by atoms with Gasteiger partial charge in [-0.05, 0) is 46.7 Å². The minimum absolute atomic E-state index is 0.337. The molecule has 0 aromatic carbocycles. The van der Waals surface area contributed by atoms with E-state index in [1.165, 1.54) is 24.2 Å². The standard InChI is InChI=1S/C12H16BrClOS/c1-7-3-2-4-8(5-7)11(15)10-6-9(13)12(14)16-10/h6-8,11,15H,2-5H2,1H3. The van der Waals surface area contributed by atoms with Gasteiger partial charge in [0.25, 0.3) is 0 Å². The smallest absolute Gasteiger partial charge is 0.107 e. The van der Waals surface area contributed by atoms with E-state index in [-0.39, 0.29) is 6.10 Å². The lowest BCUT2D eigenvalue weighted by Crippen LogP contribution is -2.19. The first-order valence-electron chi connectivity index (χ1n) is 5.70. The van der Waals surface area contributed by atoms with Crippen molar-refractivity contribution in [1.29, 1.82) is 0 Å². The summed E-state index contributed by atoms with van der Waals surface area (Å²) in [6, 6.07) is 1.96. The van der Waals surface area contributed by atoms with Crippen molar-refractivity contribution in [2.45, 2.75) is 38.7 Å². The molecule has 1 fully saturated rings. The molecule has 0 radical (unpaired) electrons. The lowest BCUT2D eigenvalue weighted by molar-refractivity contribution is 0.0742. The van der Waals surface area contributed by atoms with Gasteiger partial charge in [-0.25, -0.2) is 0 Å². The predicted octanol–water partition coefficient (Wildman–Crippen LogP) is 5.02. The van der Waals surface area contributed by atoms with E-state index >= 15 is 0 Å². The zero-order valence-corrected chi connectivity index (χ0v) is 12.4. The monoisotopic (exact) mass is 322 g/mol. The Kier molecular flexibility index (Phi) is 4.33. The lowest BCUT2D eigenvalue weighted by atomic mass is 9.79. The topological polar surface area (TPSA) is 20.2 Å². The minimum atomic E-state index is -0.337. The second kappa shape index (κ2) is 5.38. The van der Waals surface area contributed by atoms with Crippen LogP contribution in [-0.2, 0) is 0 Å². The Bertz CT molecular complexity index is 346. The van der Waals surface area contributed by atoms with Crippen molar-refractivity contribution in [2.75, 3.05) is 0 Å². The van der Waals surface area contributed by atoms with Crippen LogP contribution in [0, 0.1) is 11.8 Å². The molecule has 4 heteroatoms. The van der Waals surface area contributed by atoms with Gasteiger partial charge in [-0.3, -0.25) is 0 Å². The van der Waals surface area contributed by atoms with Gasteiger partial charge in [-0.1, -0.05) is 31.4 Å². The summed E-state index contributed by atoms with van der Waals surface area (Å²) in [7, 11) is 0. The highest BCUT2D eigenvalue weighted by Crippen LogP contribution is 2.42. The van der Waals surface area contributed by atoms with Gasteiger partial charge in [-0.15, -0.1) is 11.3 Å². The minimum Gasteiger partial charge on any atom is -0.387 e. The summed E-state index contributed by atoms with van der Waals surface area (Å²) in [4.78, 5) is 0.996. The average Bonchev–Trinajstić information content (AvgIpc) is 2.58. The van der Waals surface area contributed by atoms with Crippen LogP contribution in [0.3, 0.4) is 0 Å². The molecule has 1 aliphatic rings. The van der Waals surface area contributed by atoms with Gasteiger partial charge in [0, 0.05) is 9.35 Å². The van der Waals surface area contributed by atoms with Gasteiger partial charge >= 0.3 is 0 Å². The molecule has 2 rings (SSSR count). The molecular formula is C12H16BrClOS. The van der Waals surface area contributed by atoms with E-state index in [4.69, 9.17) is 11.6 Å². The van der Waals surface area contributed by atoms with Crippen molar-refractivity contribution in [2.24, 2.45) is 11.8 Å². The van der Waals surface area contributed by atoms with Gasteiger partial charge in [0.15, 0.2) is 0 Å². The van der Waals surface area contributed by atoms with Gasteiger partial charge < -0.3 is 5.11 Å². The molecule has 1 aliphatic carbocycles. The highest BCUT2D eigenvalue weighted by atomic mass is 79.9. The zero-order valence-electron chi connectivity index (χ0n) is 9.25. The number of thiophene rings is 1. The van der Waals surface area contributed by atoms with Crippen LogP contribution in [-0.4, -0.2) is 5.11 Å². The molecule has 1 saturated carbocycles. The molecule has 3 unspecified atom stereocenters. The summed E-state index contributed by atoms with van der Waals surface area (Å²) in [6.07, 6.45) is 4.48. The van der Waals surface area contributed by atoms with Crippen LogP contribution in [0.5, 0.6) is 0 Å². The van der Waals surface area contributed by atoms with Crippen LogP contribution < -0.4 is 0 Å². The van der Waals surface area contributed by atoms with Gasteiger partial charge in [0.1, 0.15) is 4.34 Å². The Balaban J connectivity index is 2.08. The fraction of sp³-hybridized carbons (Fsp3) is 0.667. The predicted molar refractivity (Wildman–Crippen MR) is 73.1 cm³/mol. The number of halogens is 2. The summed E-state index contributed by atoms with van der Waals surface area (Å²) in [5.41, 5.74) is 0. The molecule has 16 heavy (non-hydrogen) atoms. The molecule has 90 valence electrons. The third-order valence-corrected chi connectivity index (χ3v) is 5.92. The van der Waals surface area contributed by atoms with Crippen molar-refractivity contribution in [3.63, 3.8) is 0 Å². The number of hydrogen-bond acceptors (Lipinski definition) is 2. The number of aliphatic hydroxyl groups is 1. The van der Waals surface area contributed by atoms with E-state index in [0.717, 1.165) is 32.4 Å². The number of hydrogen-bond donors (Lipinski definition) is 1. The average molecular weight is 324 g/mol. The molecule has 0 aliphatic heterocycles. The molecular weight excluding hydrogens is 308 g/mol. The Hall–Kier alpha value is 0.430. The van der Waals surface area contributed by atoms with Crippen molar-refractivity contribution >= 4 is 38.9 Å². The summed E-state index contributed by atoms with van der Waals surface area (Å²) in [5, 5.41) is 10.3. The Labute approximate surface area is 114 Å². The maximum absolute atomic E-state index is 10.3. The van der Waals surface area contributed by atoms with Crippen molar-refractivity contribution < 1.29 is 5.11 Å². The lowest BCUT2D eigenvalue weighted by Gasteiger charge is -2.29. The van der Waals surface area contributed by atoms with Gasteiger partial charge in [-0.2, -0.15) is 0 Å². The molecule has 1 heterocycles. The molecule has 1 nitrogen and oxygen atoms in total. The molecule has 3 atom stereocenters. The molecule has 0 amide bonds. The fourth-order valence-electron chi connectivity index (χ4n) is 2.51. The van der Waals surface area contributed by atoms with E-state index in [1.54, 1.807) is 0 Å². The quantitative estimate of drug-likeness (QED) is 0.810. The number of rotatable bonds is 2. The van der Waals surface area contributed by atoms with Crippen LogP contribution in [0.15, 0.2) is 10.5 Å². The second-order valence-electron chi connectivity index (χ2n) is 4.75. The van der Waals surface area contributed by atoms with E-state index in [2.05, 4.69) is 22.9 Å². The highest BCUT2D eigenvalue weighted by Gasteiger charge is 2.27. The van der Waals surface area contributed by atoms with Crippen LogP contribution in [0.25, 0.3) is 0 Å². The van der Waals surface area contributed by atoms with E-state index < -0.39 is 0 Å². The Morgan fingerprint density at radius 2 is 2.31 bits per heavy atom. The fourth-order valence-corrected chi connectivity index (χ4v) is 4.33. The first-order chi connectivity index (χ1) is 7.58. The molecule has 0 bridgehead atoms. The van der Waals surface area contributed by atoms with Crippen LogP contribution in [0.2, 0.25) is 4.34 Å². The largest absolute Gasteiger partial charge is 0.387 e. The molecule has 0 saturated heterocycles. The van der Waals surface area contributed by atoms with Gasteiger partial charge in [0.2, 0.25) is 0 Å². The second-order valence-corrected chi connectivity index (χ2v) is 7.29. The van der Waals surface area contributed by atoms with Crippen molar-refractivity contribution in [3.8, 4) is 0 Å². The van der Waals surface area contributed by atoms with E-state index in [0.29, 0.717) is 5.92 Å².